The summed E-state index contributed by atoms with van der Waals surface area (Å²) in [4.78, 5) is 36.2. The molecule has 20 heavy (non-hydrogen) atoms. The van der Waals surface area contributed by atoms with Gasteiger partial charge >= 0.3 is 7.82 Å². The van der Waals surface area contributed by atoms with Crippen LogP contribution >= 0.6 is 15.6 Å². The Hall–Kier alpha value is 0.0600. The van der Waals surface area contributed by atoms with E-state index >= 15 is 0 Å². The van der Waals surface area contributed by atoms with Crippen LogP contribution in [0.5, 0.6) is 0 Å². The van der Waals surface area contributed by atoms with Crippen molar-refractivity contribution in [3.8, 4) is 0 Å². The minimum absolute atomic E-state index is 2.14. The summed E-state index contributed by atoms with van der Waals surface area (Å²) >= 11 is 0. The maximum Gasteiger partial charge on any atom is 0.470 e. The first-order valence-corrected chi connectivity index (χ1v) is 8.04. The van der Waals surface area contributed by atoms with Crippen molar-refractivity contribution in [2.24, 2.45) is 0 Å². The molecule has 120 valence electrons. The molecule has 1 rings (SSSR count). The molecule has 12 nitrogen and oxygen atoms in total. The Balaban J connectivity index is 3.02. The smallest absolute Gasteiger partial charge is 0.470 e. The van der Waals surface area contributed by atoms with E-state index in [1.165, 1.54) is 0 Å². The van der Waals surface area contributed by atoms with Gasteiger partial charge < -0.3 is 44.5 Å². The molecule has 7 N–H and O–H groups in total. The van der Waals surface area contributed by atoms with Crippen molar-refractivity contribution in [1.29, 1.82) is 0 Å². The molecule has 1 fully saturated rings. The molecule has 4 unspecified atom stereocenters. The van der Waals surface area contributed by atoms with Gasteiger partial charge in [0.2, 0.25) is 0 Å². The van der Waals surface area contributed by atoms with Crippen LogP contribution in [0.15, 0.2) is 0 Å². The average molecular weight is 339 g/mol. The first-order valence-electron chi connectivity index (χ1n) is 5.02. The fourth-order valence-corrected chi connectivity index (χ4v) is 2.87. The first kappa shape index (κ1) is 18.1. The molecule has 0 aromatic rings. The van der Waals surface area contributed by atoms with Gasteiger partial charge in [0, 0.05) is 0 Å². The van der Waals surface area contributed by atoms with E-state index in [1.807, 2.05) is 0 Å². The minimum Gasteiger partial charge on any atom is -0.756 e. The van der Waals surface area contributed by atoms with Gasteiger partial charge in [-0.25, -0.2) is 4.57 Å². The molecule has 0 amide bonds. The molecule has 7 atom stereocenters. The van der Waals surface area contributed by atoms with E-state index in [-0.39, 0.29) is 0 Å². The van der Waals surface area contributed by atoms with Gasteiger partial charge in [0.15, 0.2) is 0 Å². The van der Waals surface area contributed by atoms with Gasteiger partial charge in [-0.3, -0.25) is 9.09 Å². The van der Waals surface area contributed by atoms with Gasteiger partial charge in [0.25, 0.3) is 7.82 Å². The summed E-state index contributed by atoms with van der Waals surface area (Å²) < 4.78 is 29.2. The van der Waals surface area contributed by atoms with E-state index in [4.69, 9.17) is 14.7 Å². The van der Waals surface area contributed by atoms with Crippen LogP contribution in [0.25, 0.3) is 0 Å². The van der Waals surface area contributed by atoms with E-state index in [0.717, 1.165) is 0 Å². The van der Waals surface area contributed by atoms with Gasteiger partial charge in [0.05, 0.1) is 0 Å². The highest BCUT2D eigenvalue weighted by molar-refractivity contribution is 7.46. The number of aliphatic hydroxyl groups is 4. The van der Waals surface area contributed by atoms with E-state index in [2.05, 4.69) is 9.05 Å². The zero-order chi connectivity index (χ0) is 15.9. The van der Waals surface area contributed by atoms with Crippen molar-refractivity contribution in [2.45, 2.75) is 36.6 Å². The van der Waals surface area contributed by atoms with Crippen LogP contribution in [0.2, 0.25) is 0 Å². The van der Waals surface area contributed by atoms with E-state index < -0.39 is 52.3 Å². The highest BCUT2D eigenvalue weighted by Crippen LogP contribution is 2.44. The lowest BCUT2D eigenvalue weighted by atomic mass is 9.85. The van der Waals surface area contributed by atoms with Crippen molar-refractivity contribution in [1.82, 2.24) is 0 Å². The van der Waals surface area contributed by atoms with Crippen molar-refractivity contribution >= 4 is 15.6 Å². The number of phosphoric ester groups is 2. The summed E-state index contributed by atoms with van der Waals surface area (Å²) in [5.74, 6) is 0. The van der Waals surface area contributed by atoms with Crippen LogP contribution in [0.3, 0.4) is 0 Å². The Bertz CT molecular complexity index is 390. The standard InChI is InChI=1S/C6H14O12P2/c7-1-2(8)5(17-19(11,12)13)4(10)6(3(1)9)18-20(14,15)16/h1-10H,(H2,11,12,13)(H2,14,15,16)/p-1/t1?,2-,3+,4?,5-,6?/m1/s1. The molecule has 0 saturated heterocycles. The Morgan fingerprint density at radius 2 is 1.15 bits per heavy atom. The Morgan fingerprint density at radius 3 is 1.50 bits per heavy atom. The van der Waals surface area contributed by atoms with Crippen molar-refractivity contribution < 1.29 is 58.2 Å². The second-order valence-corrected chi connectivity index (χ2v) is 6.40. The van der Waals surface area contributed by atoms with Gasteiger partial charge in [-0.2, -0.15) is 0 Å². The predicted octanol–water partition coefficient (Wildman–Crippen LogP) is -4.23. The molecule has 0 aromatic heterocycles. The number of aliphatic hydroxyl groups excluding tert-OH is 4. The van der Waals surface area contributed by atoms with E-state index in [9.17, 15) is 34.4 Å². The maximum absolute atomic E-state index is 10.7. The second-order valence-electron chi connectivity index (χ2n) is 4.06. The third-order valence-electron chi connectivity index (χ3n) is 2.56. The normalized spacial score (nSPS) is 42.2. The van der Waals surface area contributed by atoms with Gasteiger partial charge in [-0.15, -0.1) is 0 Å². The predicted molar refractivity (Wildman–Crippen MR) is 55.6 cm³/mol. The van der Waals surface area contributed by atoms with Crippen LogP contribution in [-0.2, 0) is 18.2 Å². The van der Waals surface area contributed by atoms with Crippen LogP contribution in [0, 0.1) is 0 Å². The molecule has 1 aliphatic rings. The van der Waals surface area contributed by atoms with Crippen molar-refractivity contribution in [3.63, 3.8) is 0 Å². The third kappa shape index (κ3) is 4.53. The lowest BCUT2D eigenvalue weighted by Crippen LogP contribution is -2.64. The minimum atomic E-state index is -5.45. The maximum atomic E-state index is 10.7. The molecular formula is C6H13O12P2-. The molecule has 0 radical (unpaired) electrons. The first-order chi connectivity index (χ1) is 8.83. The van der Waals surface area contributed by atoms with Gasteiger partial charge in [-0.05, 0) is 0 Å². The highest BCUT2D eigenvalue weighted by Gasteiger charge is 2.52. The Labute approximate surface area is 111 Å². The molecule has 0 aromatic carbocycles. The van der Waals surface area contributed by atoms with Crippen LogP contribution < -0.4 is 4.89 Å². The largest absolute Gasteiger partial charge is 0.756 e. The fourth-order valence-electron chi connectivity index (χ4n) is 1.74. The number of rotatable bonds is 4. The third-order valence-corrected chi connectivity index (χ3v) is 3.59. The molecule has 0 spiro atoms. The highest BCUT2D eigenvalue weighted by atomic mass is 31.2. The van der Waals surface area contributed by atoms with Crippen LogP contribution in [0.4, 0.5) is 0 Å². The van der Waals surface area contributed by atoms with Gasteiger partial charge in [-0.1, -0.05) is 0 Å². The summed E-state index contributed by atoms with van der Waals surface area (Å²) in [7, 11) is -10.7. The molecule has 0 aliphatic heterocycles. The molecule has 0 heterocycles. The second kappa shape index (κ2) is 6.05. The Morgan fingerprint density at radius 1 is 0.750 bits per heavy atom. The van der Waals surface area contributed by atoms with Crippen molar-refractivity contribution in [2.75, 3.05) is 0 Å². The summed E-state index contributed by atoms with van der Waals surface area (Å²) in [6, 6.07) is 0. The zero-order valence-corrected chi connectivity index (χ0v) is 11.3. The fraction of sp³-hybridized carbons (Fsp3) is 1.00. The molecule has 14 heteroatoms. The molecular weight excluding hydrogens is 326 g/mol. The Kier molecular flexibility index (Phi) is 5.48. The lowest BCUT2D eigenvalue weighted by molar-refractivity contribution is -0.255. The number of phosphoric acid groups is 2. The number of hydrogen-bond donors (Lipinski definition) is 7. The van der Waals surface area contributed by atoms with E-state index in [0.29, 0.717) is 0 Å². The topological polar surface area (TPSA) is 217 Å². The quantitative estimate of drug-likeness (QED) is 0.242. The molecule has 0 bridgehead atoms. The monoisotopic (exact) mass is 339 g/mol. The summed E-state index contributed by atoms with van der Waals surface area (Å²) in [5.41, 5.74) is 0. The lowest BCUT2D eigenvalue weighted by Gasteiger charge is -2.43. The summed E-state index contributed by atoms with van der Waals surface area (Å²) in [6.07, 6.45) is -13.1. The van der Waals surface area contributed by atoms with E-state index in [1.54, 1.807) is 0 Å². The molecule has 1 aliphatic carbocycles. The summed E-state index contributed by atoms with van der Waals surface area (Å²) in [5, 5.41) is 37.9. The average Bonchev–Trinajstić information content (AvgIpc) is 2.25. The van der Waals surface area contributed by atoms with Gasteiger partial charge in [0.1, 0.15) is 36.6 Å². The zero-order valence-electron chi connectivity index (χ0n) is 9.53. The number of hydrogen-bond acceptors (Lipinski definition) is 9. The van der Waals surface area contributed by atoms with Crippen molar-refractivity contribution in [3.05, 3.63) is 0 Å². The van der Waals surface area contributed by atoms with Crippen LogP contribution in [0.1, 0.15) is 0 Å². The summed E-state index contributed by atoms with van der Waals surface area (Å²) in [6.45, 7) is 0. The molecule has 1 saturated carbocycles. The van der Waals surface area contributed by atoms with Crippen LogP contribution in [-0.4, -0.2) is 71.7 Å². The SMILES string of the molecule is O=P([O-])(O)OC1C(O)[C@H](OP(=O)(O)O)[C@H](O)C(O)[C@@H]1O.